The van der Waals surface area contributed by atoms with E-state index in [0.29, 0.717) is 16.5 Å². The van der Waals surface area contributed by atoms with E-state index in [0.717, 1.165) is 13.1 Å². The molecule has 14 heavy (non-hydrogen) atoms. The van der Waals surface area contributed by atoms with Crippen molar-refractivity contribution in [3.8, 4) is 6.07 Å². The quantitative estimate of drug-likeness (QED) is 0.852. The molecule has 2 rings (SSSR count). The maximum Gasteiger partial charge on any atom is 0.169 e. The second-order valence-corrected chi connectivity index (χ2v) is 4.01. The monoisotopic (exact) mass is 255 g/mol. The number of hydrogen-bond acceptors (Lipinski definition) is 4. The lowest BCUT2D eigenvalue weighted by atomic mass is 10.1. The van der Waals surface area contributed by atoms with Crippen molar-refractivity contribution in [1.82, 2.24) is 10.6 Å². The molecule has 1 aliphatic rings. The molecule has 0 aromatic carbocycles. The predicted octanol–water partition coefficient (Wildman–Crippen LogP) is 1.17. The predicted molar refractivity (Wildman–Crippen MR) is 54.6 cm³/mol. The van der Waals surface area contributed by atoms with E-state index in [1.807, 2.05) is 0 Å². The number of furan rings is 1. The fourth-order valence-electron chi connectivity index (χ4n) is 1.31. The Balaban J connectivity index is 2.02. The molecule has 1 aromatic heterocycles. The minimum absolute atomic E-state index is 0.353. The van der Waals surface area contributed by atoms with Crippen LogP contribution < -0.4 is 10.6 Å². The lowest BCUT2D eigenvalue weighted by molar-refractivity contribution is 0.330. The van der Waals surface area contributed by atoms with Crippen molar-refractivity contribution in [3.05, 3.63) is 22.6 Å². The number of nitriles is 1. The highest BCUT2D eigenvalue weighted by molar-refractivity contribution is 9.10. The Hall–Kier alpha value is -0.830. The molecule has 1 fully saturated rings. The molecule has 0 saturated carbocycles. The first-order valence-corrected chi connectivity index (χ1v) is 5.20. The average Bonchev–Trinajstić information content (AvgIpc) is 2.50. The van der Waals surface area contributed by atoms with Crippen molar-refractivity contribution >= 4 is 15.9 Å². The van der Waals surface area contributed by atoms with E-state index in [-0.39, 0.29) is 6.04 Å². The van der Waals surface area contributed by atoms with Gasteiger partial charge in [0.15, 0.2) is 10.7 Å². The maximum absolute atomic E-state index is 8.95. The molecular formula is C9H10BrN3O. The van der Waals surface area contributed by atoms with Crippen molar-refractivity contribution in [2.45, 2.75) is 12.1 Å². The van der Waals surface area contributed by atoms with Crippen LogP contribution in [-0.2, 0) is 0 Å². The molecule has 4 nitrogen and oxygen atoms in total. The summed E-state index contributed by atoms with van der Waals surface area (Å²) in [7, 11) is 0. The molecule has 0 bridgehead atoms. The lowest BCUT2D eigenvalue weighted by Gasteiger charge is -2.29. The standard InChI is InChI=1S/C9H10BrN3O/c10-9-2-1-8(14-9)7(3-11)13-6-4-12-5-6/h1-2,6-7,12-13H,4-5H2/t7-/m0/s1. The summed E-state index contributed by atoms with van der Waals surface area (Å²) in [5.74, 6) is 0.659. The van der Waals surface area contributed by atoms with Crippen LogP contribution in [0.15, 0.2) is 21.2 Å². The van der Waals surface area contributed by atoms with Gasteiger partial charge in [-0.25, -0.2) is 0 Å². The third-order valence-corrected chi connectivity index (χ3v) is 2.62. The largest absolute Gasteiger partial charge is 0.452 e. The molecule has 0 amide bonds. The number of nitrogens with zero attached hydrogens (tertiary/aromatic N) is 1. The summed E-state index contributed by atoms with van der Waals surface area (Å²) in [6, 6.07) is 5.80. The van der Waals surface area contributed by atoms with Crippen molar-refractivity contribution < 1.29 is 4.42 Å². The second-order valence-electron chi connectivity index (χ2n) is 3.23. The Kier molecular flexibility index (Phi) is 2.87. The van der Waals surface area contributed by atoms with Gasteiger partial charge in [-0.1, -0.05) is 0 Å². The first kappa shape index (κ1) is 9.71. The Morgan fingerprint density at radius 3 is 2.86 bits per heavy atom. The number of rotatable bonds is 3. The highest BCUT2D eigenvalue weighted by atomic mass is 79.9. The minimum atomic E-state index is -0.353. The van der Waals surface area contributed by atoms with Crippen molar-refractivity contribution in [2.24, 2.45) is 0 Å². The molecule has 5 heteroatoms. The van der Waals surface area contributed by atoms with Crippen LogP contribution in [0.4, 0.5) is 0 Å². The molecule has 1 atom stereocenters. The molecule has 2 heterocycles. The Labute approximate surface area is 90.4 Å². The molecule has 0 radical (unpaired) electrons. The van der Waals surface area contributed by atoms with Gasteiger partial charge in [-0.15, -0.1) is 0 Å². The number of hydrogen-bond donors (Lipinski definition) is 2. The van der Waals surface area contributed by atoms with Gasteiger partial charge in [0.1, 0.15) is 5.76 Å². The van der Waals surface area contributed by atoms with E-state index in [4.69, 9.17) is 9.68 Å². The van der Waals surface area contributed by atoms with E-state index in [9.17, 15) is 0 Å². The van der Waals surface area contributed by atoms with Crippen LogP contribution >= 0.6 is 15.9 Å². The van der Waals surface area contributed by atoms with Gasteiger partial charge in [-0.2, -0.15) is 5.26 Å². The number of halogens is 1. The Morgan fingerprint density at radius 2 is 2.43 bits per heavy atom. The molecule has 1 aromatic rings. The van der Waals surface area contributed by atoms with Crippen LogP contribution in [0.25, 0.3) is 0 Å². The zero-order chi connectivity index (χ0) is 9.97. The summed E-state index contributed by atoms with van der Waals surface area (Å²) in [6.07, 6.45) is 0. The molecule has 74 valence electrons. The third kappa shape index (κ3) is 1.98. The van der Waals surface area contributed by atoms with E-state index in [1.165, 1.54) is 0 Å². The SMILES string of the molecule is N#C[C@H](NC1CNC1)c1ccc(Br)o1. The third-order valence-electron chi connectivity index (χ3n) is 2.19. The van der Waals surface area contributed by atoms with Crippen molar-refractivity contribution in [1.29, 1.82) is 5.26 Å². The van der Waals surface area contributed by atoms with E-state index in [2.05, 4.69) is 32.6 Å². The summed E-state index contributed by atoms with van der Waals surface area (Å²) < 4.78 is 5.97. The topological polar surface area (TPSA) is 61.0 Å². The van der Waals surface area contributed by atoms with E-state index < -0.39 is 0 Å². The van der Waals surface area contributed by atoms with Crippen LogP contribution in [0, 0.1) is 11.3 Å². The first-order chi connectivity index (χ1) is 6.79. The van der Waals surface area contributed by atoms with Gasteiger partial charge >= 0.3 is 0 Å². The van der Waals surface area contributed by atoms with Crippen LogP contribution in [0.3, 0.4) is 0 Å². The van der Waals surface area contributed by atoms with Crippen LogP contribution in [0.5, 0.6) is 0 Å². The molecule has 1 saturated heterocycles. The fraction of sp³-hybridized carbons (Fsp3) is 0.444. The van der Waals surface area contributed by atoms with Gasteiger partial charge in [0.2, 0.25) is 0 Å². The van der Waals surface area contributed by atoms with Crippen molar-refractivity contribution in [3.63, 3.8) is 0 Å². The van der Waals surface area contributed by atoms with Gasteiger partial charge in [0, 0.05) is 19.1 Å². The Bertz CT molecular complexity index is 353. The zero-order valence-corrected chi connectivity index (χ0v) is 9.04. The number of nitrogens with one attached hydrogen (secondary N) is 2. The minimum Gasteiger partial charge on any atom is -0.452 e. The molecule has 2 N–H and O–H groups in total. The molecule has 0 unspecified atom stereocenters. The normalized spacial score (nSPS) is 18.6. The molecule has 0 spiro atoms. The van der Waals surface area contributed by atoms with Gasteiger partial charge in [-0.05, 0) is 28.1 Å². The second kappa shape index (κ2) is 4.13. The zero-order valence-electron chi connectivity index (χ0n) is 7.46. The van der Waals surface area contributed by atoms with Gasteiger partial charge in [-0.3, -0.25) is 5.32 Å². The van der Waals surface area contributed by atoms with E-state index in [1.54, 1.807) is 12.1 Å². The van der Waals surface area contributed by atoms with Gasteiger partial charge in [0.25, 0.3) is 0 Å². The molecule has 0 aliphatic carbocycles. The highest BCUT2D eigenvalue weighted by Gasteiger charge is 2.23. The fourth-order valence-corrected chi connectivity index (χ4v) is 1.63. The molecular weight excluding hydrogens is 246 g/mol. The van der Waals surface area contributed by atoms with Crippen LogP contribution in [0.2, 0.25) is 0 Å². The summed E-state index contributed by atoms with van der Waals surface area (Å²) in [4.78, 5) is 0. The Morgan fingerprint density at radius 1 is 1.64 bits per heavy atom. The van der Waals surface area contributed by atoms with Crippen LogP contribution in [-0.4, -0.2) is 19.1 Å². The van der Waals surface area contributed by atoms with E-state index >= 15 is 0 Å². The summed E-state index contributed by atoms with van der Waals surface area (Å²) in [6.45, 7) is 1.83. The average molecular weight is 256 g/mol. The first-order valence-electron chi connectivity index (χ1n) is 4.41. The lowest BCUT2D eigenvalue weighted by Crippen LogP contribution is -2.55. The molecule has 1 aliphatic heterocycles. The maximum atomic E-state index is 8.95. The van der Waals surface area contributed by atoms with Crippen LogP contribution in [0.1, 0.15) is 11.8 Å². The van der Waals surface area contributed by atoms with Crippen molar-refractivity contribution in [2.75, 3.05) is 13.1 Å². The highest BCUT2D eigenvalue weighted by Crippen LogP contribution is 2.20. The summed E-state index contributed by atoms with van der Waals surface area (Å²) >= 11 is 3.21. The van der Waals surface area contributed by atoms with Gasteiger partial charge < -0.3 is 9.73 Å². The summed E-state index contributed by atoms with van der Waals surface area (Å²) in [5, 5.41) is 15.3. The van der Waals surface area contributed by atoms with Gasteiger partial charge in [0.05, 0.1) is 6.07 Å². The summed E-state index contributed by atoms with van der Waals surface area (Å²) in [5.41, 5.74) is 0. The smallest absolute Gasteiger partial charge is 0.169 e.